The second-order valence-electron chi connectivity index (χ2n) is 15.6. The fraction of sp³-hybridized carbons (Fsp3) is 0.565. The highest BCUT2D eigenvalue weighted by Gasteiger charge is 2.56. The Morgan fingerprint density at radius 3 is 1.58 bits per heavy atom. The molecule has 0 unspecified atom stereocenters. The van der Waals surface area contributed by atoms with Gasteiger partial charge in [-0.15, -0.1) is 11.8 Å². The van der Waals surface area contributed by atoms with E-state index in [-0.39, 0.29) is 24.2 Å². The molecule has 0 amide bonds. The van der Waals surface area contributed by atoms with Gasteiger partial charge in [-0.25, -0.2) is 8.42 Å². The number of carbonyl (C=O) groups is 4. The van der Waals surface area contributed by atoms with Gasteiger partial charge in [0, 0.05) is 43.2 Å². The Hall–Kier alpha value is -4.06. The number of carbonyl (C=O) groups excluding carboxylic acids is 4. The van der Waals surface area contributed by atoms with Gasteiger partial charge in [-0.3, -0.25) is 19.2 Å². The highest BCUT2D eigenvalue weighted by Crippen LogP contribution is 2.45. The van der Waals surface area contributed by atoms with Crippen molar-refractivity contribution in [2.45, 2.75) is 154 Å². The molecular formula is C46H60F3NO6S. The van der Waals surface area contributed by atoms with Crippen molar-refractivity contribution in [3.05, 3.63) is 70.8 Å². The van der Waals surface area contributed by atoms with Gasteiger partial charge in [-0.1, -0.05) is 124 Å². The molecule has 0 saturated heterocycles. The number of hydrogen-bond acceptors (Lipinski definition) is 7. The van der Waals surface area contributed by atoms with E-state index >= 15 is 0 Å². The molecular weight excluding hydrogens is 752 g/mol. The second kappa shape index (κ2) is 23.4. The Morgan fingerprint density at radius 1 is 0.684 bits per heavy atom. The van der Waals surface area contributed by atoms with Crippen molar-refractivity contribution in [3.8, 4) is 23.7 Å². The van der Waals surface area contributed by atoms with E-state index in [1.165, 1.54) is 31.4 Å². The zero-order valence-electron chi connectivity index (χ0n) is 34.3. The molecule has 3 rings (SSSR count). The summed E-state index contributed by atoms with van der Waals surface area (Å²) in [6.07, 6.45) is 2.04. The number of halogens is 3. The molecule has 0 aromatic heterocycles. The first-order chi connectivity index (χ1) is 26.7. The summed E-state index contributed by atoms with van der Waals surface area (Å²) in [5, 5.41) is -0.614. The lowest BCUT2D eigenvalue weighted by Gasteiger charge is -2.30. The Bertz CT molecular complexity index is 1870. The number of hydrogen-bond donors (Lipinski definition) is 1. The summed E-state index contributed by atoms with van der Waals surface area (Å²) in [5.41, 5.74) is 5.18. The Kier molecular flexibility index (Phi) is 20.1. The third-order valence-electron chi connectivity index (χ3n) is 9.58. The number of rotatable bonds is 21. The molecule has 0 radical (unpaired) electrons. The van der Waals surface area contributed by atoms with Gasteiger partial charge < -0.3 is 5.73 Å². The van der Waals surface area contributed by atoms with Gasteiger partial charge in [0.1, 0.15) is 17.0 Å². The van der Waals surface area contributed by atoms with Gasteiger partial charge >= 0.3 is 6.18 Å². The van der Waals surface area contributed by atoms with E-state index in [2.05, 4.69) is 30.6 Å². The topological polar surface area (TPSA) is 128 Å². The lowest BCUT2D eigenvalue weighted by atomic mass is 9.76. The average molecular weight is 812 g/mol. The first-order valence-electron chi connectivity index (χ1n) is 20.0. The molecule has 0 aliphatic heterocycles. The van der Waals surface area contributed by atoms with Crippen molar-refractivity contribution in [1.82, 2.24) is 0 Å². The van der Waals surface area contributed by atoms with Crippen LogP contribution in [0.1, 0.15) is 155 Å². The molecule has 7 nitrogen and oxygen atoms in total. The van der Waals surface area contributed by atoms with Crippen molar-refractivity contribution in [2.24, 2.45) is 11.1 Å². The normalized spacial score (nSPS) is 14.6. The summed E-state index contributed by atoms with van der Waals surface area (Å²) >= 11 is 0. The van der Waals surface area contributed by atoms with Crippen molar-refractivity contribution in [1.29, 1.82) is 0 Å². The zero-order chi connectivity index (χ0) is 42.7. The first-order valence-corrected chi connectivity index (χ1v) is 21.8. The maximum Gasteiger partial charge on any atom is 0.405 e. The summed E-state index contributed by atoms with van der Waals surface area (Å²) in [4.78, 5) is 49.9. The van der Waals surface area contributed by atoms with E-state index in [1.807, 2.05) is 45.0 Å². The van der Waals surface area contributed by atoms with Gasteiger partial charge in [-0.2, -0.15) is 13.2 Å². The van der Waals surface area contributed by atoms with E-state index in [1.54, 1.807) is 19.1 Å². The average Bonchev–Trinajstić information content (AvgIpc) is 3.98. The summed E-state index contributed by atoms with van der Waals surface area (Å²) < 4.78 is 67.4. The van der Waals surface area contributed by atoms with Crippen LogP contribution in [0.5, 0.6) is 0 Å². The molecule has 0 spiro atoms. The predicted octanol–water partition coefficient (Wildman–Crippen LogP) is 9.84. The van der Waals surface area contributed by atoms with Crippen LogP contribution in [0.4, 0.5) is 13.2 Å². The van der Waals surface area contributed by atoms with Gasteiger partial charge in [-0.05, 0) is 46.5 Å². The molecule has 0 bridgehead atoms. The molecule has 2 N–H and O–H groups in total. The zero-order valence-corrected chi connectivity index (χ0v) is 35.1. The number of sulfone groups is 1. The summed E-state index contributed by atoms with van der Waals surface area (Å²) in [6, 6.07) is 13.6. The van der Waals surface area contributed by atoms with Gasteiger partial charge in [0.2, 0.25) is 0 Å². The summed E-state index contributed by atoms with van der Waals surface area (Å²) in [7, 11) is -3.69. The van der Waals surface area contributed by atoms with Crippen LogP contribution in [-0.4, -0.2) is 54.3 Å². The van der Waals surface area contributed by atoms with E-state index in [4.69, 9.17) is 5.73 Å². The third-order valence-corrected chi connectivity index (χ3v) is 11.8. The number of Topliss-reactive ketones (excluding diaryl/α,β-unsaturated/α-hetero) is 4. The smallest absolute Gasteiger partial charge is 0.315 e. The fourth-order valence-electron chi connectivity index (χ4n) is 5.97. The van der Waals surface area contributed by atoms with Crippen LogP contribution in [0.25, 0.3) is 0 Å². The molecule has 2 aromatic rings. The summed E-state index contributed by atoms with van der Waals surface area (Å²) in [5.74, 6) is 7.24. The number of aryl methyl sites for hydroxylation is 2. The van der Waals surface area contributed by atoms with Crippen molar-refractivity contribution < 1.29 is 40.8 Å². The molecule has 1 fully saturated rings. The maximum absolute atomic E-state index is 14.4. The minimum atomic E-state index is -5.03. The number of ketones is 4. The highest BCUT2D eigenvalue weighted by molar-refractivity contribution is 7.93. The Balaban J connectivity index is 0.000000453. The minimum Gasteiger partial charge on any atom is -0.315 e. The second-order valence-corrected chi connectivity index (χ2v) is 17.9. The number of nitrogens with two attached hydrogens (primary N) is 1. The van der Waals surface area contributed by atoms with E-state index in [0.29, 0.717) is 24.8 Å². The molecule has 1 aliphatic carbocycles. The van der Waals surface area contributed by atoms with Crippen molar-refractivity contribution in [3.63, 3.8) is 0 Å². The Labute approximate surface area is 338 Å². The van der Waals surface area contributed by atoms with Crippen molar-refractivity contribution >= 4 is 33.0 Å². The lowest BCUT2D eigenvalue weighted by Crippen LogP contribution is -2.41. The molecule has 11 heteroatoms. The standard InChI is InChI=1S/C27H33F3O5S.C19H27NO/c1-3-4-5-6-7-8-15-26(27(28,29)30,18-25(33)21-11-9-20(2)10-12-21)17-22(31)16-23(32)19-36(34,35)24-13-14-24;1-4-5-6-7-8-9-14-19(3,20)15-18(21)17-12-10-16(2)11-13-17/h9-12,24H,3-7,13-14,16-19H2,1-2H3;10-13H,4-8,15,20H2,1-3H3/t26-;19-/m11/s1. The largest absolute Gasteiger partial charge is 0.405 e. The highest BCUT2D eigenvalue weighted by atomic mass is 32.2. The van der Waals surface area contributed by atoms with Crippen LogP contribution in [0, 0.1) is 42.9 Å². The van der Waals surface area contributed by atoms with E-state index in [9.17, 15) is 40.8 Å². The van der Waals surface area contributed by atoms with Crippen LogP contribution in [-0.2, 0) is 19.4 Å². The number of unbranched alkanes of at least 4 members (excludes halogenated alkanes) is 8. The van der Waals surface area contributed by atoms with Crippen LogP contribution in [0.2, 0.25) is 0 Å². The molecule has 57 heavy (non-hydrogen) atoms. The van der Waals surface area contributed by atoms with Gasteiger partial charge in [0.15, 0.2) is 27.2 Å². The van der Waals surface area contributed by atoms with E-state index < -0.39 is 74.6 Å². The quantitative estimate of drug-likeness (QED) is 0.0575. The Morgan fingerprint density at radius 2 is 1.14 bits per heavy atom. The number of benzene rings is 2. The number of alkyl halides is 3. The van der Waals surface area contributed by atoms with Crippen LogP contribution in [0.15, 0.2) is 48.5 Å². The minimum absolute atomic E-state index is 0.0558. The van der Waals surface area contributed by atoms with Crippen LogP contribution in [0.3, 0.4) is 0 Å². The molecule has 312 valence electrons. The molecule has 1 saturated carbocycles. The third kappa shape index (κ3) is 18.4. The van der Waals surface area contributed by atoms with Gasteiger partial charge in [0.25, 0.3) is 0 Å². The molecule has 1 aliphatic rings. The van der Waals surface area contributed by atoms with Crippen molar-refractivity contribution in [2.75, 3.05) is 5.75 Å². The molecule has 2 atom stereocenters. The van der Waals surface area contributed by atoms with Crippen LogP contribution < -0.4 is 5.73 Å². The van der Waals surface area contributed by atoms with Gasteiger partial charge in [0.05, 0.1) is 17.2 Å². The molecule has 0 heterocycles. The first kappa shape index (κ1) is 49.1. The fourth-order valence-corrected chi connectivity index (χ4v) is 7.61. The van der Waals surface area contributed by atoms with Crippen LogP contribution >= 0.6 is 0 Å². The molecule has 2 aromatic carbocycles. The predicted molar refractivity (Wildman–Crippen MR) is 220 cm³/mol. The maximum atomic E-state index is 14.4. The summed E-state index contributed by atoms with van der Waals surface area (Å²) in [6.45, 7) is 9.81. The van der Waals surface area contributed by atoms with E-state index in [0.717, 1.165) is 43.2 Å². The lowest BCUT2D eigenvalue weighted by molar-refractivity contribution is -0.203. The monoisotopic (exact) mass is 811 g/mol. The SMILES string of the molecule is CCCCCCC#C[C@@](C)(N)CC(=O)c1ccc(C)cc1.CCCCCCC#C[C@@](CC(=O)CC(=O)CS(=O)(=O)C1CC1)(CC(=O)c1ccc(C)cc1)C(F)(F)F.